The first kappa shape index (κ1) is 11.7. The summed E-state index contributed by atoms with van der Waals surface area (Å²) in [4.78, 5) is 17.7. The quantitative estimate of drug-likeness (QED) is 0.727. The summed E-state index contributed by atoms with van der Waals surface area (Å²) in [6, 6.07) is 0.469. The van der Waals surface area contributed by atoms with Gasteiger partial charge in [0.05, 0.1) is 12.1 Å². The molecule has 0 aromatic rings. The van der Waals surface area contributed by atoms with Crippen LogP contribution in [0.15, 0.2) is 0 Å². The first-order chi connectivity index (χ1) is 7.61. The second kappa shape index (κ2) is 4.59. The lowest BCUT2D eigenvalue weighted by molar-refractivity contribution is 0.0667. The molecule has 0 aromatic heterocycles. The van der Waals surface area contributed by atoms with Gasteiger partial charge in [0.1, 0.15) is 0 Å². The van der Waals surface area contributed by atoms with Crippen molar-refractivity contribution in [3.63, 3.8) is 0 Å². The predicted molar refractivity (Wildman–Crippen MR) is 61.3 cm³/mol. The van der Waals surface area contributed by atoms with Crippen LogP contribution in [-0.2, 0) is 0 Å². The number of fused-ring (bicyclic) bond motifs is 1. The Morgan fingerprint density at radius 1 is 1.44 bits per heavy atom. The van der Waals surface area contributed by atoms with E-state index in [0.717, 1.165) is 39.1 Å². The number of amides is 2. The molecule has 2 aliphatic rings. The summed E-state index contributed by atoms with van der Waals surface area (Å²) in [5.74, 6) is 0. The minimum Gasteiger partial charge on any atom is -0.392 e. The Morgan fingerprint density at radius 2 is 2.19 bits per heavy atom. The van der Waals surface area contributed by atoms with Crippen molar-refractivity contribution in [3.05, 3.63) is 0 Å². The maximum Gasteiger partial charge on any atom is 0.320 e. The fourth-order valence-electron chi connectivity index (χ4n) is 2.53. The van der Waals surface area contributed by atoms with Crippen molar-refractivity contribution in [2.45, 2.75) is 25.5 Å². The smallest absolute Gasteiger partial charge is 0.320 e. The molecule has 5 heteroatoms. The number of carbonyl (C=O) groups is 1. The number of hydrogen-bond acceptors (Lipinski definition) is 3. The van der Waals surface area contributed by atoms with Crippen LogP contribution in [0.2, 0.25) is 0 Å². The van der Waals surface area contributed by atoms with Gasteiger partial charge in [-0.1, -0.05) is 6.92 Å². The van der Waals surface area contributed by atoms with Crippen LogP contribution in [0.1, 0.15) is 13.3 Å². The van der Waals surface area contributed by atoms with Crippen LogP contribution in [0.3, 0.4) is 0 Å². The van der Waals surface area contributed by atoms with Gasteiger partial charge in [-0.2, -0.15) is 0 Å². The molecular formula is C11H21N3O2. The van der Waals surface area contributed by atoms with Crippen LogP contribution in [-0.4, -0.2) is 77.8 Å². The lowest BCUT2D eigenvalue weighted by Gasteiger charge is -2.37. The molecule has 1 N–H and O–H groups in total. The number of carbonyl (C=O) groups excluding carboxylic acids is 1. The Labute approximate surface area is 96.6 Å². The molecule has 2 heterocycles. The van der Waals surface area contributed by atoms with Crippen molar-refractivity contribution in [1.82, 2.24) is 14.7 Å². The molecule has 0 aliphatic carbocycles. The van der Waals surface area contributed by atoms with Gasteiger partial charge in [-0.15, -0.1) is 0 Å². The molecule has 0 spiro atoms. The number of aliphatic hydroxyl groups excluding tert-OH is 1. The second-order valence-corrected chi connectivity index (χ2v) is 4.83. The third-order valence-electron chi connectivity index (χ3n) is 3.56. The lowest BCUT2D eigenvalue weighted by atomic mass is 10.1. The van der Waals surface area contributed by atoms with Crippen molar-refractivity contribution >= 4 is 6.03 Å². The standard InChI is InChI=1S/C11H21N3O2/c1-3-10(15)8-13-4-5-14-9(7-13)6-12(2)11(14)16/h9-10,15H,3-8H2,1-2H3/t9-,10-/m0/s1. The van der Waals surface area contributed by atoms with Gasteiger partial charge in [-0.3, -0.25) is 4.90 Å². The number of likely N-dealkylation sites (N-methyl/N-ethyl adjacent to an activating group) is 1. The molecule has 0 saturated carbocycles. The number of rotatable bonds is 3. The highest BCUT2D eigenvalue weighted by Gasteiger charge is 2.38. The molecule has 2 amide bonds. The average Bonchev–Trinajstić information content (AvgIpc) is 2.54. The zero-order chi connectivity index (χ0) is 11.7. The maximum atomic E-state index is 11.7. The van der Waals surface area contributed by atoms with E-state index in [1.807, 2.05) is 18.9 Å². The van der Waals surface area contributed by atoms with Crippen LogP contribution in [0.4, 0.5) is 4.79 Å². The molecule has 2 fully saturated rings. The van der Waals surface area contributed by atoms with Crippen molar-refractivity contribution in [1.29, 1.82) is 0 Å². The predicted octanol–water partition coefficient (Wildman–Crippen LogP) is -0.191. The number of β-amino-alcohol motifs (C(OH)–C–C–N with tert-alkyl or cyclic N) is 1. The van der Waals surface area contributed by atoms with Gasteiger partial charge in [0, 0.05) is 39.8 Å². The van der Waals surface area contributed by atoms with E-state index in [-0.39, 0.29) is 12.1 Å². The average molecular weight is 227 g/mol. The Kier molecular flexibility index (Phi) is 3.35. The van der Waals surface area contributed by atoms with Crippen molar-refractivity contribution in [3.8, 4) is 0 Å². The number of urea groups is 1. The van der Waals surface area contributed by atoms with Crippen LogP contribution in [0.25, 0.3) is 0 Å². The van der Waals surface area contributed by atoms with Gasteiger partial charge in [0.25, 0.3) is 0 Å². The van der Waals surface area contributed by atoms with Crippen molar-refractivity contribution in [2.24, 2.45) is 0 Å². The van der Waals surface area contributed by atoms with Gasteiger partial charge in [0.2, 0.25) is 0 Å². The van der Waals surface area contributed by atoms with E-state index in [4.69, 9.17) is 0 Å². The van der Waals surface area contributed by atoms with E-state index in [2.05, 4.69) is 4.90 Å². The number of aliphatic hydroxyl groups is 1. The molecule has 2 saturated heterocycles. The molecule has 16 heavy (non-hydrogen) atoms. The molecular weight excluding hydrogens is 206 g/mol. The summed E-state index contributed by atoms with van der Waals surface area (Å²) in [6.45, 7) is 6.12. The van der Waals surface area contributed by atoms with E-state index in [1.54, 1.807) is 4.90 Å². The van der Waals surface area contributed by atoms with Gasteiger partial charge in [0.15, 0.2) is 0 Å². The van der Waals surface area contributed by atoms with Crippen LogP contribution in [0.5, 0.6) is 0 Å². The van der Waals surface area contributed by atoms with Crippen LogP contribution < -0.4 is 0 Å². The van der Waals surface area contributed by atoms with Crippen molar-refractivity contribution < 1.29 is 9.90 Å². The van der Waals surface area contributed by atoms with Gasteiger partial charge >= 0.3 is 6.03 Å². The Hall–Kier alpha value is -0.810. The lowest BCUT2D eigenvalue weighted by Crippen LogP contribution is -2.53. The molecule has 5 nitrogen and oxygen atoms in total. The molecule has 2 aliphatic heterocycles. The first-order valence-corrected chi connectivity index (χ1v) is 6.04. The Balaban J connectivity index is 1.89. The molecule has 2 atom stereocenters. The summed E-state index contributed by atoms with van der Waals surface area (Å²) in [6.07, 6.45) is 0.561. The zero-order valence-electron chi connectivity index (χ0n) is 10.1. The molecule has 0 radical (unpaired) electrons. The maximum absolute atomic E-state index is 11.7. The number of nitrogens with zero attached hydrogens (tertiary/aromatic N) is 3. The highest BCUT2D eigenvalue weighted by atomic mass is 16.3. The first-order valence-electron chi connectivity index (χ1n) is 6.04. The minimum absolute atomic E-state index is 0.153. The fraction of sp³-hybridized carbons (Fsp3) is 0.909. The summed E-state index contributed by atoms with van der Waals surface area (Å²) in [5, 5.41) is 9.62. The second-order valence-electron chi connectivity index (χ2n) is 4.83. The van der Waals surface area contributed by atoms with Gasteiger partial charge < -0.3 is 14.9 Å². The summed E-state index contributed by atoms with van der Waals surface area (Å²) in [5.41, 5.74) is 0. The third kappa shape index (κ3) is 2.15. The molecule has 0 bridgehead atoms. The normalized spacial score (nSPS) is 28.4. The largest absolute Gasteiger partial charge is 0.392 e. The SMILES string of the molecule is CC[C@H](O)CN1CCN2C(=O)N(C)C[C@H]2C1. The summed E-state index contributed by atoms with van der Waals surface area (Å²) >= 11 is 0. The van der Waals surface area contributed by atoms with Crippen LogP contribution in [0, 0.1) is 0 Å². The topological polar surface area (TPSA) is 47.0 Å². The highest BCUT2D eigenvalue weighted by molar-refractivity contribution is 5.77. The molecule has 0 unspecified atom stereocenters. The Morgan fingerprint density at radius 3 is 2.88 bits per heavy atom. The number of hydrogen-bond donors (Lipinski definition) is 1. The molecule has 92 valence electrons. The fourth-order valence-corrected chi connectivity index (χ4v) is 2.53. The minimum atomic E-state index is -0.235. The molecule has 0 aromatic carbocycles. The highest BCUT2D eigenvalue weighted by Crippen LogP contribution is 2.19. The number of piperazine rings is 1. The van der Waals surface area contributed by atoms with E-state index in [0.29, 0.717) is 6.04 Å². The summed E-state index contributed by atoms with van der Waals surface area (Å²) in [7, 11) is 1.85. The van der Waals surface area contributed by atoms with Crippen LogP contribution >= 0.6 is 0 Å². The Bertz CT molecular complexity index is 272. The van der Waals surface area contributed by atoms with E-state index in [1.165, 1.54) is 0 Å². The van der Waals surface area contributed by atoms with E-state index < -0.39 is 0 Å². The molecule has 2 rings (SSSR count). The summed E-state index contributed by atoms with van der Waals surface area (Å²) < 4.78 is 0. The zero-order valence-corrected chi connectivity index (χ0v) is 10.1. The third-order valence-corrected chi connectivity index (χ3v) is 3.56. The van der Waals surface area contributed by atoms with Crippen molar-refractivity contribution in [2.75, 3.05) is 39.8 Å². The van der Waals surface area contributed by atoms with Gasteiger partial charge in [-0.05, 0) is 6.42 Å². The van der Waals surface area contributed by atoms with Gasteiger partial charge in [-0.25, -0.2) is 4.79 Å². The monoisotopic (exact) mass is 227 g/mol. The van der Waals surface area contributed by atoms with E-state index >= 15 is 0 Å². The van der Waals surface area contributed by atoms with E-state index in [9.17, 15) is 9.90 Å².